The molecule has 0 bridgehead atoms. The molecule has 178 valence electrons. The first-order chi connectivity index (χ1) is 16.1. The molecule has 0 fully saturated rings. The van der Waals surface area contributed by atoms with Gasteiger partial charge in [-0.05, 0) is 92.3 Å². The van der Waals surface area contributed by atoms with E-state index in [1.54, 1.807) is 24.3 Å². The third-order valence-electron chi connectivity index (χ3n) is 5.55. The van der Waals surface area contributed by atoms with Gasteiger partial charge in [-0.25, -0.2) is 13.1 Å². The monoisotopic (exact) mass is 476 g/mol. The molecule has 3 aromatic rings. The van der Waals surface area contributed by atoms with Crippen LogP contribution in [0.25, 0.3) is 17.2 Å². The van der Waals surface area contributed by atoms with Crippen molar-refractivity contribution in [1.82, 2.24) is 4.72 Å². The molecule has 0 heterocycles. The first-order valence-electron chi connectivity index (χ1n) is 11.4. The Labute approximate surface area is 203 Å². The van der Waals surface area contributed by atoms with Crippen molar-refractivity contribution in [2.24, 2.45) is 0 Å². The fourth-order valence-electron chi connectivity index (χ4n) is 3.75. The van der Waals surface area contributed by atoms with E-state index in [0.717, 1.165) is 33.5 Å². The van der Waals surface area contributed by atoms with Crippen LogP contribution in [0, 0.1) is 13.8 Å². The highest BCUT2D eigenvalue weighted by Crippen LogP contribution is 2.29. The summed E-state index contributed by atoms with van der Waals surface area (Å²) in [6, 6.07) is 20.8. The van der Waals surface area contributed by atoms with Crippen LogP contribution in [-0.2, 0) is 14.8 Å². The van der Waals surface area contributed by atoms with Crippen LogP contribution in [0.1, 0.15) is 43.9 Å². The highest BCUT2D eigenvalue weighted by Gasteiger charge is 2.19. The third-order valence-corrected chi connectivity index (χ3v) is 6.89. The van der Waals surface area contributed by atoms with E-state index in [1.165, 1.54) is 12.1 Å². The lowest BCUT2D eigenvalue weighted by molar-refractivity contribution is -0.115. The van der Waals surface area contributed by atoms with Crippen LogP contribution in [0.2, 0.25) is 0 Å². The highest BCUT2D eigenvalue weighted by molar-refractivity contribution is 7.90. The number of carbonyl (C=O) groups excluding carboxylic acids is 1. The van der Waals surface area contributed by atoms with Crippen LogP contribution in [0.5, 0.6) is 0 Å². The first kappa shape index (κ1) is 25.2. The van der Waals surface area contributed by atoms with Crippen molar-refractivity contribution in [3.05, 3.63) is 89.0 Å². The van der Waals surface area contributed by atoms with Gasteiger partial charge in [-0.1, -0.05) is 49.4 Å². The lowest BCUT2D eigenvalue weighted by atomic mass is 9.93. The van der Waals surface area contributed by atoms with Crippen LogP contribution >= 0.6 is 0 Å². The standard InChI is InChI=1S/C28H32N2O3S/c1-6-22(28(31)30-34(32,33)26-10-8-7-9-11-26)18-24-16-21(5)27(17-20(24)4)23-12-14-25(15-13-23)29-19(2)3/h7-19,29H,6H2,1-5H3,(H,30,31). The number of amides is 1. The molecule has 0 spiro atoms. The average Bonchev–Trinajstić information content (AvgIpc) is 2.79. The molecule has 34 heavy (non-hydrogen) atoms. The summed E-state index contributed by atoms with van der Waals surface area (Å²) in [5.41, 5.74) is 6.70. The van der Waals surface area contributed by atoms with Gasteiger partial charge in [0.1, 0.15) is 0 Å². The second-order valence-electron chi connectivity index (χ2n) is 8.67. The van der Waals surface area contributed by atoms with Crippen LogP contribution in [-0.4, -0.2) is 20.4 Å². The molecule has 0 aliphatic heterocycles. The highest BCUT2D eigenvalue weighted by atomic mass is 32.2. The lowest BCUT2D eigenvalue weighted by Crippen LogP contribution is -2.31. The van der Waals surface area contributed by atoms with Gasteiger partial charge in [-0.15, -0.1) is 0 Å². The van der Waals surface area contributed by atoms with Crippen molar-refractivity contribution in [2.75, 3.05) is 5.32 Å². The molecular formula is C28H32N2O3S. The summed E-state index contributed by atoms with van der Waals surface area (Å²) < 4.78 is 27.3. The molecule has 3 aromatic carbocycles. The SMILES string of the molecule is CCC(=Cc1cc(C)c(-c2ccc(NC(C)C)cc2)cc1C)C(=O)NS(=O)(=O)c1ccccc1. The van der Waals surface area contributed by atoms with Crippen LogP contribution in [0.3, 0.4) is 0 Å². The predicted octanol–water partition coefficient (Wildman–Crippen LogP) is 6.09. The number of aryl methyl sites for hydroxylation is 2. The Morgan fingerprint density at radius 1 is 0.941 bits per heavy atom. The minimum Gasteiger partial charge on any atom is -0.383 e. The van der Waals surface area contributed by atoms with Gasteiger partial charge in [0.05, 0.1) is 4.90 Å². The van der Waals surface area contributed by atoms with Gasteiger partial charge >= 0.3 is 0 Å². The normalized spacial score (nSPS) is 12.0. The number of nitrogens with one attached hydrogen (secondary N) is 2. The number of carbonyl (C=O) groups is 1. The van der Waals surface area contributed by atoms with Crippen LogP contribution < -0.4 is 10.0 Å². The largest absolute Gasteiger partial charge is 0.383 e. The zero-order valence-electron chi connectivity index (χ0n) is 20.3. The van der Waals surface area contributed by atoms with Gasteiger partial charge < -0.3 is 5.32 Å². The van der Waals surface area contributed by atoms with Gasteiger partial charge in [-0.3, -0.25) is 4.79 Å². The molecule has 2 N–H and O–H groups in total. The van der Waals surface area contributed by atoms with Gasteiger partial charge in [0.15, 0.2) is 0 Å². The summed E-state index contributed by atoms with van der Waals surface area (Å²) in [6.45, 7) is 10.1. The molecule has 5 nitrogen and oxygen atoms in total. The van der Waals surface area contributed by atoms with E-state index in [0.29, 0.717) is 18.0 Å². The van der Waals surface area contributed by atoms with Gasteiger partial charge in [0, 0.05) is 17.3 Å². The number of benzene rings is 3. The maximum Gasteiger partial charge on any atom is 0.264 e. The Kier molecular flexibility index (Phi) is 7.94. The predicted molar refractivity (Wildman–Crippen MR) is 140 cm³/mol. The average molecular weight is 477 g/mol. The minimum absolute atomic E-state index is 0.0600. The molecule has 0 radical (unpaired) electrons. The Hall–Kier alpha value is -3.38. The molecule has 0 aromatic heterocycles. The smallest absolute Gasteiger partial charge is 0.264 e. The first-order valence-corrected chi connectivity index (χ1v) is 12.9. The minimum atomic E-state index is -3.92. The Bertz CT molecular complexity index is 1290. The number of anilines is 1. The molecule has 3 rings (SSSR count). The summed E-state index contributed by atoms with van der Waals surface area (Å²) in [7, 11) is -3.92. The van der Waals surface area contributed by atoms with Gasteiger partial charge in [0.25, 0.3) is 15.9 Å². The molecule has 6 heteroatoms. The van der Waals surface area contributed by atoms with E-state index in [1.807, 2.05) is 26.8 Å². The second kappa shape index (κ2) is 10.7. The summed E-state index contributed by atoms with van der Waals surface area (Å²) in [5, 5.41) is 3.40. The van der Waals surface area contributed by atoms with Crippen LogP contribution in [0.4, 0.5) is 5.69 Å². The molecule has 0 saturated heterocycles. The second-order valence-corrected chi connectivity index (χ2v) is 10.4. The number of hydrogen-bond acceptors (Lipinski definition) is 4. The fourth-order valence-corrected chi connectivity index (χ4v) is 4.75. The lowest BCUT2D eigenvalue weighted by Gasteiger charge is -2.14. The van der Waals surface area contributed by atoms with E-state index in [-0.39, 0.29) is 4.90 Å². The molecule has 0 aliphatic rings. The number of rotatable bonds is 8. The summed E-state index contributed by atoms with van der Waals surface area (Å²) in [5.74, 6) is -0.610. The maximum atomic E-state index is 12.8. The maximum absolute atomic E-state index is 12.8. The van der Waals surface area contributed by atoms with E-state index < -0.39 is 15.9 Å². The zero-order valence-corrected chi connectivity index (χ0v) is 21.2. The van der Waals surface area contributed by atoms with Crippen LogP contribution in [0.15, 0.2) is 77.2 Å². The molecule has 0 unspecified atom stereocenters. The number of sulfonamides is 1. The van der Waals surface area contributed by atoms with Crippen molar-refractivity contribution in [3.63, 3.8) is 0 Å². The fraction of sp³-hybridized carbons (Fsp3) is 0.250. The van der Waals surface area contributed by atoms with Gasteiger partial charge in [-0.2, -0.15) is 0 Å². The third kappa shape index (κ3) is 6.14. The van der Waals surface area contributed by atoms with E-state index >= 15 is 0 Å². The quantitative estimate of drug-likeness (QED) is 0.386. The summed E-state index contributed by atoms with van der Waals surface area (Å²) in [4.78, 5) is 12.9. The van der Waals surface area contributed by atoms with Crippen molar-refractivity contribution in [2.45, 2.75) is 52.0 Å². The number of hydrogen-bond donors (Lipinski definition) is 2. The summed E-state index contributed by atoms with van der Waals surface area (Å²) in [6.07, 6.45) is 2.18. The molecule has 1 amide bonds. The zero-order chi connectivity index (χ0) is 24.9. The molecular weight excluding hydrogens is 444 g/mol. The van der Waals surface area contributed by atoms with Crippen molar-refractivity contribution in [1.29, 1.82) is 0 Å². The van der Waals surface area contributed by atoms with Crippen molar-refractivity contribution in [3.8, 4) is 11.1 Å². The molecule has 0 aliphatic carbocycles. The molecule has 0 atom stereocenters. The van der Waals surface area contributed by atoms with Crippen molar-refractivity contribution >= 4 is 27.7 Å². The molecule has 0 saturated carbocycles. The van der Waals surface area contributed by atoms with Gasteiger partial charge in [0.2, 0.25) is 0 Å². The van der Waals surface area contributed by atoms with E-state index in [9.17, 15) is 13.2 Å². The van der Waals surface area contributed by atoms with E-state index in [2.05, 4.69) is 54.2 Å². The van der Waals surface area contributed by atoms with E-state index in [4.69, 9.17) is 0 Å². The summed E-state index contributed by atoms with van der Waals surface area (Å²) >= 11 is 0. The Morgan fingerprint density at radius 2 is 1.59 bits per heavy atom. The van der Waals surface area contributed by atoms with Crippen molar-refractivity contribution < 1.29 is 13.2 Å². The topological polar surface area (TPSA) is 75.3 Å². The Morgan fingerprint density at radius 3 is 2.18 bits per heavy atom. The Balaban J connectivity index is 1.86.